The van der Waals surface area contributed by atoms with Gasteiger partial charge in [-0.05, 0) is 56.3 Å². The molecule has 2 nitrogen and oxygen atoms in total. The first-order chi connectivity index (χ1) is 6.29. The van der Waals surface area contributed by atoms with E-state index in [0.717, 1.165) is 25.7 Å². The van der Waals surface area contributed by atoms with E-state index in [1.54, 1.807) is 0 Å². The van der Waals surface area contributed by atoms with Gasteiger partial charge in [0.05, 0.1) is 6.10 Å². The average Bonchev–Trinajstić information content (AvgIpc) is 2.17. The molecular weight excluding hydrogens is 164 g/mol. The van der Waals surface area contributed by atoms with E-state index in [4.69, 9.17) is 5.11 Å². The van der Waals surface area contributed by atoms with Gasteiger partial charge in [0, 0.05) is 6.61 Å². The Morgan fingerprint density at radius 2 is 2.08 bits per heavy atom. The molecule has 2 fully saturated rings. The summed E-state index contributed by atoms with van der Waals surface area (Å²) in [6, 6.07) is 0. The first-order valence-corrected chi connectivity index (χ1v) is 5.42. The Hall–Kier alpha value is -0.0800. The minimum atomic E-state index is -0.0908. The molecular formula is C11H19O2. The van der Waals surface area contributed by atoms with Crippen molar-refractivity contribution in [3.8, 4) is 0 Å². The standard InChI is InChI=1S/C11H19O2/c12-7-8-1-2-10-6-11(13)4-3-9(10)5-8/h3,8-13H,1-2,4-7H2. The van der Waals surface area contributed by atoms with Crippen molar-refractivity contribution < 1.29 is 10.2 Å². The van der Waals surface area contributed by atoms with Crippen molar-refractivity contribution in [3.63, 3.8) is 0 Å². The normalized spacial score (nSPS) is 45.7. The summed E-state index contributed by atoms with van der Waals surface area (Å²) in [5, 5.41) is 18.6. The van der Waals surface area contributed by atoms with Crippen molar-refractivity contribution >= 4 is 0 Å². The summed E-state index contributed by atoms with van der Waals surface area (Å²) in [6.45, 7) is 0.347. The highest BCUT2D eigenvalue weighted by Crippen LogP contribution is 2.41. The Balaban J connectivity index is 1.90. The quantitative estimate of drug-likeness (QED) is 0.644. The van der Waals surface area contributed by atoms with Crippen LogP contribution in [0.25, 0.3) is 0 Å². The second-order valence-corrected chi connectivity index (χ2v) is 4.65. The second-order valence-electron chi connectivity index (χ2n) is 4.65. The van der Waals surface area contributed by atoms with Crippen LogP contribution in [-0.2, 0) is 0 Å². The molecule has 2 rings (SSSR count). The molecule has 2 aliphatic carbocycles. The van der Waals surface area contributed by atoms with Crippen molar-refractivity contribution in [2.45, 2.75) is 38.2 Å². The average molecular weight is 183 g/mol. The number of aliphatic hydroxyl groups is 2. The highest BCUT2D eigenvalue weighted by Gasteiger charge is 2.34. The highest BCUT2D eigenvalue weighted by molar-refractivity contribution is 4.94. The molecule has 0 heterocycles. The monoisotopic (exact) mass is 183 g/mol. The third-order valence-corrected chi connectivity index (χ3v) is 3.70. The van der Waals surface area contributed by atoms with E-state index >= 15 is 0 Å². The largest absolute Gasteiger partial charge is 0.396 e. The molecule has 0 saturated heterocycles. The highest BCUT2D eigenvalue weighted by atomic mass is 16.3. The summed E-state index contributed by atoms with van der Waals surface area (Å²) in [4.78, 5) is 0. The first-order valence-electron chi connectivity index (χ1n) is 5.42. The maximum Gasteiger partial charge on any atom is 0.0545 e. The Labute approximate surface area is 80.0 Å². The van der Waals surface area contributed by atoms with E-state index in [-0.39, 0.29) is 6.10 Å². The molecule has 2 N–H and O–H groups in total. The van der Waals surface area contributed by atoms with Crippen LogP contribution in [0.15, 0.2) is 0 Å². The zero-order valence-electron chi connectivity index (χ0n) is 8.02. The molecule has 4 unspecified atom stereocenters. The molecule has 0 aromatic rings. The minimum Gasteiger partial charge on any atom is -0.396 e. The van der Waals surface area contributed by atoms with E-state index in [2.05, 4.69) is 6.42 Å². The lowest BCUT2D eigenvalue weighted by molar-refractivity contribution is 0.0533. The summed E-state index contributed by atoms with van der Waals surface area (Å²) >= 11 is 0. The molecule has 2 saturated carbocycles. The third-order valence-electron chi connectivity index (χ3n) is 3.70. The van der Waals surface area contributed by atoms with E-state index in [0.29, 0.717) is 24.4 Å². The van der Waals surface area contributed by atoms with Crippen LogP contribution in [0.5, 0.6) is 0 Å². The lowest BCUT2D eigenvalue weighted by Gasteiger charge is -2.40. The predicted octanol–water partition coefficient (Wildman–Crippen LogP) is 1.37. The summed E-state index contributed by atoms with van der Waals surface area (Å²) in [5.41, 5.74) is 0. The fraction of sp³-hybridized carbons (Fsp3) is 0.909. The van der Waals surface area contributed by atoms with Gasteiger partial charge in [-0.3, -0.25) is 0 Å². The van der Waals surface area contributed by atoms with Crippen molar-refractivity contribution in [1.82, 2.24) is 0 Å². The van der Waals surface area contributed by atoms with E-state index in [1.165, 1.54) is 6.42 Å². The summed E-state index contributed by atoms with van der Waals surface area (Å²) in [6.07, 6.45) is 7.53. The van der Waals surface area contributed by atoms with Gasteiger partial charge in [0.25, 0.3) is 0 Å². The Bertz CT molecular complexity index is 169. The van der Waals surface area contributed by atoms with Crippen LogP contribution in [-0.4, -0.2) is 22.9 Å². The zero-order valence-corrected chi connectivity index (χ0v) is 8.02. The summed E-state index contributed by atoms with van der Waals surface area (Å²) in [7, 11) is 0. The summed E-state index contributed by atoms with van der Waals surface area (Å²) in [5.74, 6) is 1.90. The fourth-order valence-corrected chi connectivity index (χ4v) is 2.88. The van der Waals surface area contributed by atoms with Crippen molar-refractivity contribution in [3.05, 3.63) is 6.42 Å². The van der Waals surface area contributed by atoms with Gasteiger partial charge in [-0.2, -0.15) is 0 Å². The molecule has 0 spiro atoms. The zero-order chi connectivity index (χ0) is 9.26. The Kier molecular flexibility index (Phi) is 2.89. The minimum absolute atomic E-state index is 0.0908. The van der Waals surface area contributed by atoms with Gasteiger partial charge < -0.3 is 10.2 Å². The van der Waals surface area contributed by atoms with Crippen LogP contribution in [0.3, 0.4) is 0 Å². The number of aliphatic hydroxyl groups excluding tert-OH is 2. The molecule has 2 aliphatic rings. The van der Waals surface area contributed by atoms with Crippen LogP contribution in [0, 0.1) is 24.2 Å². The number of hydrogen-bond acceptors (Lipinski definition) is 2. The smallest absolute Gasteiger partial charge is 0.0545 e. The second kappa shape index (κ2) is 3.97. The third kappa shape index (κ3) is 2.05. The lowest BCUT2D eigenvalue weighted by Crippen LogP contribution is -2.34. The Morgan fingerprint density at radius 3 is 2.85 bits per heavy atom. The predicted molar refractivity (Wildman–Crippen MR) is 50.9 cm³/mol. The van der Waals surface area contributed by atoms with Crippen LogP contribution in [0.2, 0.25) is 0 Å². The molecule has 0 aromatic heterocycles. The van der Waals surface area contributed by atoms with Crippen LogP contribution < -0.4 is 0 Å². The van der Waals surface area contributed by atoms with Crippen LogP contribution in [0.4, 0.5) is 0 Å². The van der Waals surface area contributed by atoms with Gasteiger partial charge in [0.1, 0.15) is 0 Å². The van der Waals surface area contributed by atoms with E-state index < -0.39 is 0 Å². The molecule has 2 heteroatoms. The van der Waals surface area contributed by atoms with Gasteiger partial charge >= 0.3 is 0 Å². The number of hydrogen-bond donors (Lipinski definition) is 2. The van der Waals surface area contributed by atoms with Gasteiger partial charge in [0.15, 0.2) is 0 Å². The molecule has 0 bridgehead atoms. The molecule has 13 heavy (non-hydrogen) atoms. The Morgan fingerprint density at radius 1 is 1.23 bits per heavy atom. The van der Waals surface area contributed by atoms with Crippen LogP contribution in [0.1, 0.15) is 32.1 Å². The SMILES string of the molecule is OCC1CCC2CC(O)C[CH]C2C1. The molecule has 4 atom stereocenters. The molecule has 0 aliphatic heterocycles. The van der Waals surface area contributed by atoms with Crippen molar-refractivity contribution in [2.24, 2.45) is 17.8 Å². The number of fused-ring (bicyclic) bond motifs is 1. The van der Waals surface area contributed by atoms with Crippen molar-refractivity contribution in [2.75, 3.05) is 6.61 Å². The van der Waals surface area contributed by atoms with Crippen molar-refractivity contribution in [1.29, 1.82) is 0 Å². The topological polar surface area (TPSA) is 40.5 Å². The van der Waals surface area contributed by atoms with Crippen LogP contribution >= 0.6 is 0 Å². The van der Waals surface area contributed by atoms with E-state index in [1.807, 2.05) is 0 Å². The van der Waals surface area contributed by atoms with Gasteiger partial charge in [-0.25, -0.2) is 0 Å². The summed E-state index contributed by atoms with van der Waals surface area (Å²) < 4.78 is 0. The number of rotatable bonds is 1. The lowest BCUT2D eigenvalue weighted by atomic mass is 9.67. The van der Waals surface area contributed by atoms with E-state index in [9.17, 15) is 5.11 Å². The fourth-order valence-electron chi connectivity index (χ4n) is 2.88. The molecule has 0 amide bonds. The maximum absolute atomic E-state index is 9.49. The molecule has 0 aromatic carbocycles. The molecule has 75 valence electrons. The van der Waals surface area contributed by atoms with Gasteiger partial charge in [-0.15, -0.1) is 0 Å². The van der Waals surface area contributed by atoms with Gasteiger partial charge in [0.2, 0.25) is 0 Å². The van der Waals surface area contributed by atoms with Gasteiger partial charge in [-0.1, -0.05) is 0 Å². The molecule has 1 radical (unpaired) electrons. The first kappa shape index (κ1) is 9.47. The maximum atomic E-state index is 9.49.